The molecule has 0 fully saturated rings. The molecule has 18 heavy (non-hydrogen) atoms. The number of hydrogen-bond acceptors (Lipinski definition) is 3. The summed E-state index contributed by atoms with van der Waals surface area (Å²) in [5, 5.41) is 2.78. The molecule has 4 nitrogen and oxygen atoms in total. The van der Waals surface area contributed by atoms with Crippen molar-refractivity contribution in [3.63, 3.8) is 0 Å². The van der Waals surface area contributed by atoms with Crippen LogP contribution in [0.2, 0.25) is 0 Å². The van der Waals surface area contributed by atoms with Crippen molar-refractivity contribution in [3.05, 3.63) is 29.3 Å². The summed E-state index contributed by atoms with van der Waals surface area (Å²) in [6, 6.07) is 2.58. The molecule has 0 spiro atoms. The molecule has 0 saturated carbocycles. The van der Waals surface area contributed by atoms with Gasteiger partial charge in [0.15, 0.2) is 0 Å². The van der Waals surface area contributed by atoms with Crippen LogP contribution >= 0.6 is 0 Å². The Morgan fingerprint density at radius 2 is 2.06 bits per heavy atom. The summed E-state index contributed by atoms with van der Waals surface area (Å²) < 4.78 is 37.5. The number of primary amides is 1. The van der Waals surface area contributed by atoms with E-state index in [1.165, 1.54) is 6.07 Å². The van der Waals surface area contributed by atoms with E-state index in [4.69, 9.17) is 11.5 Å². The summed E-state index contributed by atoms with van der Waals surface area (Å²) in [6.45, 7) is 2.05. The van der Waals surface area contributed by atoms with Crippen LogP contribution in [0.1, 0.15) is 22.8 Å². The summed E-state index contributed by atoms with van der Waals surface area (Å²) in [5.41, 5.74) is 9.69. The maximum Gasteiger partial charge on any atom is 0.416 e. The van der Waals surface area contributed by atoms with Gasteiger partial charge in [-0.3, -0.25) is 4.79 Å². The number of amides is 1. The molecule has 0 radical (unpaired) electrons. The van der Waals surface area contributed by atoms with E-state index in [1.54, 1.807) is 6.92 Å². The zero-order valence-electron chi connectivity index (χ0n) is 9.71. The number of hydrogen-bond donors (Lipinski definition) is 3. The Hall–Kier alpha value is -1.76. The molecule has 0 heterocycles. The Bertz CT molecular complexity index is 444. The molecule has 1 amide bonds. The lowest BCUT2D eigenvalue weighted by molar-refractivity contribution is -0.137. The van der Waals surface area contributed by atoms with Crippen molar-refractivity contribution in [3.8, 4) is 0 Å². The van der Waals surface area contributed by atoms with Crippen LogP contribution in [-0.2, 0) is 6.18 Å². The van der Waals surface area contributed by atoms with Crippen molar-refractivity contribution in [2.45, 2.75) is 19.1 Å². The monoisotopic (exact) mass is 261 g/mol. The van der Waals surface area contributed by atoms with E-state index >= 15 is 0 Å². The van der Waals surface area contributed by atoms with Gasteiger partial charge in [-0.1, -0.05) is 0 Å². The van der Waals surface area contributed by atoms with E-state index in [0.29, 0.717) is 6.54 Å². The summed E-state index contributed by atoms with van der Waals surface area (Å²) >= 11 is 0. The van der Waals surface area contributed by atoms with E-state index in [-0.39, 0.29) is 17.3 Å². The first-order valence-corrected chi connectivity index (χ1v) is 5.22. The van der Waals surface area contributed by atoms with Crippen molar-refractivity contribution < 1.29 is 18.0 Å². The van der Waals surface area contributed by atoms with Gasteiger partial charge in [0.25, 0.3) is 5.91 Å². The maximum atomic E-state index is 12.5. The Labute approximate surface area is 102 Å². The van der Waals surface area contributed by atoms with Gasteiger partial charge >= 0.3 is 6.18 Å². The van der Waals surface area contributed by atoms with E-state index in [1.807, 2.05) is 0 Å². The molecule has 7 heteroatoms. The van der Waals surface area contributed by atoms with Crippen molar-refractivity contribution in [1.29, 1.82) is 0 Å². The highest BCUT2D eigenvalue weighted by Crippen LogP contribution is 2.31. The first-order chi connectivity index (χ1) is 8.21. The van der Waals surface area contributed by atoms with Gasteiger partial charge < -0.3 is 16.8 Å². The van der Waals surface area contributed by atoms with Gasteiger partial charge in [0.2, 0.25) is 0 Å². The standard InChI is InChI=1S/C11H14F3N3O/c1-6(15)5-17-9-3-2-7(11(12,13)14)4-8(9)10(16)18/h2-4,6,17H,5,15H2,1H3,(H2,16,18). The quantitative estimate of drug-likeness (QED) is 0.769. The molecule has 1 aromatic carbocycles. The lowest BCUT2D eigenvalue weighted by Gasteiger charge is -2.14. The molecular formula is C11H14F3N3O. The molecular weight excluding hydrogens is 247 g/mol. The maximum absolute atomic E-state index is 12.5. The Morgan fingerprint density at radius 1 is 1.44 bits per heavy atom. The second-order valence-electron chi connectivity index (χ2n) is 3.98. The minimum absolute atomic E-state index is 0.201. The molecule has 0 aliphatic rings. The average Bonchev–Trinajstić information content (AvgIpc) is 2.24. The second-order valence-corrected chi connectivity index (χ2v) is 3.98. The van der Waals surface area contributed by atoms with Crippen LogP contribution in [0.15, 0.2) is 18.2 Å². The molecule has 0 bridgehead atoms. The average molecular weight is 261 g/mol. The van der Waals surface area contributed by atoms with Gasteiger partial charge in [-0.25, -0.2) is 0 Å². The topological polar surface area (TPSA) is 81.1 Å². The number of anilines is 1. The van der Waals surface area contributed by atoms with Crippen molar-refractivity contribution >= 4 is 11.6 Å². The Morgan fingerprint density at radius 3 is 2.50 bits per heavy atom. The van der Waals surface area contributed by atoms with Crippen molar-refractivity contribution in [2.24, 2.45) is 11.5 Å². The molecule has 100 valence electrons. The molecule has 0 aliphatic carbocycles. The normalized spacial score (nSPS) is 13.2. The zero-order chi connectivity index (χ0) is 13.9. The van der Waals surface area contributed by atoms with Crippen LogP contribution in [-0.4, -0.2) is 18.5 Å². The van der Waals surface area contributed by atoms with E-state index in [0.717, 1.165) is 12.1 Å². The molecule has 1 atom stereocenters. The first-order valence-electron chi connectivity index (χ1n) is 5.22. The molecule has 0 saturated heterocycles. The third-order valence-electron chi connectivity index (χ3n) is 2.23. The van der Waals surface area contributed by atoms with Crippen LogP contribution in [0.5, 0.6) is 0 Å². The highest BCUT2D eigenvalue weighted by Gasteiger charge is 2.31. The fourth-order valence-electron chi connectivity index (χ4n) is 1.35. The Kier molecular flexibility index (Phi) is 4.18. The fourth-order valence-corrected chi connectivity index (χ4v) is 1.35. The van der Waals surface area contributed by atoms with Crippen molar-refractivity contribution in [2.75, 3.05) is 11.9 Å². The third kappa shape index (κ3) is 3.63. The molecule has 0 aromatic heterocycles. The first kappa shape index (κ1) is 14.3. The zero-order valence-corrected chi connectivity index (χ0v) is 9.71. The number of rotatable bonds is 4. The number of nitrogens with one attached hydrogen (secondary N) is 1. The SMILES string of the molecule is CC(N)CNc1ccc(C(F)(F)F)cc1C(N)=O. The second kappa shape index (κ2) is 5.26. The summed E-state index contributed by atoms with van der Waals surface area (Å²) in [4.78, 5) is 11.1. The fraction of sp³-hybridized carbons (Fsp3) is 0.364. The molecule has 1 rings (SSSR count). The number of nitrogens with two attached hydrogens (primary N) is 2. The van der Waals surface area contributed by atoms with Gasteiger partial charge in [-0.05, 0) is 25.1 Å². The van der Waals surface area contributed by atoms with Crippen LogP contribution < -0.4 is 16.8 Å². The van der Waals surface area contributed by atoms with E-state index in [2.05, 4.69) is 5.32 Å². The number of alkyl halides is 3. The molecule has 1 aromatic rings. The van der Waals surface area contributed by atoms with Gasteiger partial charge in [-0.15, -0.1) is 0 Å². The largest absolute Gasteiger partial charge is 0.416 e. The van der Waals surface area contributed by atoms with E-state index in [9.17, 15) is 18.0 Å². The molecule has 0 aliphatic heterocycles. The minimum atomic E-state index is -4.51. The number of benzene rings is 1. The predicted octanol–water partition coefficient (Wildman–Crippen LogP) is 1.56. The van der Waals surface area contributed by atoms with E-state index < -0.39 is 17.6 Å². The molecule has 1 unspecified atom stereocenters. The predicted molar refractivity (Wildman–Crippen MR) is 62.1 cm³/mol. The number of carbonyl (C=O) groups excluding carboxylic acids is 1. The van der Waals surface area contributed by atoms with Crippen LogP contribution in [0.4, 0.5) is 18.9 Å². The van der Waals surface area contributed by atoms with Crippen LogP contribution in [0, 0.1) is 0 Å². The minimum Gasteiger partial charge on any atom is -0.383 e. The lowest BCUT2D eigenvalue weighted by atomic mass is 10.1. The highest BCUT2D eigenvalue weighted by molar-refractivity contribution is 5.98. The van der Waals surface area contributed by atoms with Gasteiger partial charge in [0.05, 0.1) is 11.1 Å². The van der Waals surface area contributed by atoms with Gasteiger partial charge in [0.1, 0.15) is 0 Å². The highest BCUT2D eigenvalue weighted by atomic mass is 19.4. The summed E-state index contributed by atoms with van der Waals surface area (Å²) in [5.74, 6) is -0.923. The van der Waals surface area contributed by atoms with Gasteiger partial charge in [-0.2, -0.15) is 13.2 Å². The molecule has 5 N–H and O–H groups in total. The van der Waals surface area contributed by atoms with Crippen LogP contribution in [0.25, 0.3) is 0 Å². The third-order valence-corrected chi connectivity index (χ3v) is 2.23. The summed E-state index contributed by atoms with van der Waals surface area (Å²) in [6.07, 6.45) is -4.51. The smallest absolute Gasteiger partial charge is 0.383 e. The van der Waals surface area contributed by atoms with Gasteiger partial charge in [0, 0.05) is 18.3 Å². The van der Waals surface area contributed by atoms with Crippen molar-refractivity contribution in [1.82, 2.24) is 0 Å². The number of carbonyl (C=O) groups is 1. The number of halogens is 3. The summed E-state index contributed by atoms with van der Waals surface area (Å²) in [7, 11) is 0. The lowest BCUT2D eigenvalue weighted by Crippen LogP contribution is -2.26. The van der Waals surface area contributed by atoms with Crippen LogP contribution in [0.3, 0.4) is 0 Å². The Balaban J connectivity index is 3.09.